The lowest BCUT2D eigenvalue weighted by molar-refractivity contribution is -0.191. The van der Waals surface area contributed by atoms with E-state index in [0.29, 0.717) is 5.69 Å². The Kier molecular flexibility index (Phi) is 10.8. The van der Waals surface area contributed by atoms with E-state index in [1.165, 1.54) is 6.08 Å². The van der Waals surface area contributed by atoms with Crippen molar-refractivity contribution >= 4 is 24.7 Å². The first-order chi connectivity index (χ1) is 7.65. The first-order valence-electron chi connectivity index (χ1n) is 4.09. The van der Waals surface area contributed by atoms with Gasteiger partial charge in [-0.25, -0.2) is 4.79 Å². The summed E-state index contributed by atoms with van der Waals surface area (Å²) in [6, 6.07) is 5.78. The number of isocyanates is 1. The molecule has 0 aromatic heterocycles. The number of carbonyl (C=O) groups is 1. The average molecular weight is 221 g/mol. The van der Waals surface area contributed by atoms with Gasteiger partial charge < -0.3 is 4.79 Å². The van der Waals surface area contributed by atoms with E-state index < -0.39 is 0 Å². The molecule has 0 radical (unpaired) electrons. The highest BCUT2D eigenvalue weighted by molar-refractivity contribution is 5.54. The third kappa shape index (κ3) is 7.09. The van der Waals surface area contributed by atoms with Gasteiger partial charge in [0.2, 0.25) is 6.08 Å². The molecule has 1 rings (SSSR count). The van der Waals surface area contributed by atoms with E-state index in [4.69, 9.17) is 14.4 Å². The van der Waals surface area contributed by atoms with Gasteiger partial charge in [0.15, 0.2) is 0 Å². The van der Waals surface area contributed by atoms with Crippen LogP contribution in [0.2, 0.25) is 0 Å². The molecule has 0 N–H and O–H groups in total. The lowest BCUT2D eigenvalue weighted by atomic mass is 10.1. The van der Waals surface area contributed by atoms with Crippen molar-refractivity contribution in [1.82, 2.24) is 0 Å². The Labute approximate surface area is 92.8 Å². The third-order valence-electron chi connectivity index (χ3n) is 1.53. The van der Waals surface area contributed by atoms with Crippen molar-refractivity contribution in [2.24, 2.45) is 4.99 Å². The van der Waals surface area contributed by atoms with E-state index in [0.717, 1.165) is 11.1 Å². The number of nitrogens with zero attached hydrogens (tertiary/aromatic N) is 1. The molecule has 0 aliphatic rings. The minimum atomic E-state index is 0.250. The second kappa shape index (κ2) is 10.7. The van der Waals surface area contributed by atoms with Crippen molar-refractivity contribution in [2.75, 3.05) is 0 Å². The van der Waals surface area contributed by atoms with Gasteiger partial charge in [0.05, 0.1) is 5.69 Å². The molecule has 0 amide bonds. The molecule has 5 heteroatoms. The predicted molar refractivity (Wildman–Crippen MR) is 55.8 cm³/mol. The van der Waals surface area contributed by atoms with Gasteiger partial charge in [-0.1, -0.05) is 12.1 Å². The second-order valence-electron chi connectivity index (χ2n) is 2.58. The maximum atomic E-state index is 9.95. The largest absolute Gasteiger partial charge is 0.373 e. The molecule has 0 saturated carbocycles. The van der Waals surface area contributed by atoms with Crippen LogP contribution in [0.4, 0.5) is 5.69 Å². The quantitative estimate of drug-likeness (QED) is 0.531. The Bertz CT molecular complexity index is 402. The molecule has 0 heterocycles. The number of carbonyl (C=O) groups excluding carboxylic acids is 4. The van der Waals surface area contributed by atoms with Crippen LogP contribution in [0.15, 0.2) is 23.2 Å². The van der Waals surface area contributed by atoms with Gasteiger partial charge in [-0.05, 0) is 31.0 Å². The van der Waals surface area contributed by atoms with E-state index in [2.05, 4.69) is 4.99 Å². The first-order valence-corrected chi connectivity index (χ1v) is 4.09. The lowest BCUT2D eigenvalue weighted by Gasteiger charge is -1.97. The van der Waals surface area contributed by atoms with Crippen molar-refractivity contribution in [3.8, 4) is 0 Å². The topological polar surface area (TPSA) is 80.6 Å². The van der Waals surface area contributed by atoms with Crippen LogP contribution in [0, 0.1) is 13.8 Å². The van der Waals surface area contributed by atoms with Gasteiger partial charge in [-0.2, -0.15) is 14.6 Å². The molecule has 5 nitrogen and oxygen atoms in total. The summed E-state index contributed by atoms with van der Waals surface area (Å²) in [6.45, 7) is 5.87. The minimum Gasteiger partial charge on any atom is -0.307 e. The summed E-state index contributed by atoms with van der Waals surface area (Å²) in [5.41, 5.74) is 2.81. The summed E-state index contributed by atoms with van der Waals surface area (Å²) in [5, 5.41) is 0. The standard InChI is InChI=1S/C9H9NO.CO2.CH2O/c1-7-3-4-8(2)9(5-7)10-6-11;2-1-3;1-2/h3-5H,1-2H3;;1H2. The van der Waals surface area contributed by atoms with Crippen LogP contribution in [-0.4, -0.2) is 19.0 Å². The van der Waals surface area contributed by atoms with Gasteiger partial charge in [0, 0.05) is 0 Å². The van der Waals surface area contributed by atoms with Gasteiger partial charge in [0.1, 0.15) is 6.79 Å². The van der Waals surface area contributed by atoms with Crippen LogP contribution in [0.25, 0.3) is 0 Å². The van der Waals surface area contributed by atoms with Gasteiger partial charge in [-0.3, -0.25) is 0 Å². The van der Waals surface area contributed by atoms with Crippen molar-refractivity contribution in [2.45, 2.75) is 13.8 Å². The zero-order chi connectivity index (χ0) is 13.0. The number of aliphatic imine (C=N–C) groups is 1. The summed E-state index contributed by atoms with van der Waals surface area (Å²) in [4.78, 5) is 37.8. The van der Waals surface area contributed by atoms with E-state index in [1.807, 2.05) is 38.8 Å². The Morgan fingerprint density at radius 3 is 2.06 bits per heavy atom. The molecule has 1 aromatic rings. The fourth-order valence-electron chi connectivity index (χ4n) is 0.889. The zero-order valence-corrected chi connectivity index (χ0v) is 9.02. The van der Waals surface area contributed by atoms with Crippen LogP contribution in [-0.2, 0) is 19.2 Å². The molecule has 0 atom stereocenters. The lowest BCUT2D eigenvalue weighted by Crippen LogP contribution is -1.75. The van der Waals surface area contributed by atoms with E-state index in [9.17, 15) is 4.79 Å². The summed E-state index contributed by atoms with van der Waals surface area (Å²) in [7, 11) is 0. The molecule has 16 heavy (non-hydrogen) atoms. The fourth-order valence-corrected chi connectivity index (χ4v) is 0.889. The Morgan fingerprint density at radius 1 is 1.12 bits per heavy atom. The maximum Gasteiger partial charge on any atom is 0.373 e. The number of aryl methyl sites for hydroxylation is 2. The SMILES string of the molecule is C=O.Cc1ccc(C)c(N=C=O)c1.O=C=O. The molecule has 84 valence electrons. The summed E-state index contributed by atoms with van der Waals surface area (Å²) in [5.74, 6) is 0. The summed E-state index contributed by atoms with van der Waals surface area (Å²) < 4.78 is 0. The number of benzene rings is 1. The van der Waals surface area contributed by atoms with Crippen molar-refractivity contribution in [3.63, 3.8) is 0 Å². The van der Waals surface area contributed by atoms with Crippen molar-refractivity contribution in [3.05, 3.63) is 29.3 Å². The summed E-state index contributed by atoms with van der Waals surface area (Å²) in [6.07, 6.45) is 1.78. The van der Waals surface area contributed by atoms with Crippen molar-refractivity contribution < 1.29 is 19.2 Å². The number of rotatable bonds is 1. The number of hydrogen-bond donors (Lipinski definition) is 0. The molecule has 0 spiro atoms. The van der Waals surface area contributed by atoms with Gasteiger partial charge in [0.25, 0.3) is 0 Å². The van der Waals surface area contributed by atoms with E-state index in [1.54, 1.807) is 0 Å². The fraction of sp³-hybridized carbons (Fsp3) is 0.182. The molecule has 0 unspecified atom stereocenters. The number of hydrogen-bond acceptors (Lipinski definition) is 5. The highest BCUT2D eigenvalue weighted by Crippen LogP contribution is 2.18. The normalized spacial score (nSPS) is 6.88. The van der Waals surface area contributed by atoms with Crippen LogP contribution < -0.4 is 0 Å². The molecule has 0 aliphatic heterocycles. The molecular weight excluding hydrogens is 210 g/mol. The summed E-state index contributed by atoms with van der Waals surface area (Å²) >= 11 is 0. The zero-order valence-electron chi connectivity index (χ0n) is 9.02. The highest BCUT2D eigenvalue weighted by Gasteiger charge is 1.94. The molecule has 0 bridgehead atoms. The van der Waals surface area contributed by atoms with Crippen LogP contribution in [0.5, 0.6) is 0 Å². The maximum absolute atomic E-state index is 9.95. The minimum absolute atomic E-state index is 0.250. The molecule has 0 aliphatic carbocycles. The molecule has 0 fully saturated rings. The Hall–Kier alpha value is -2.35. The smallest absolute Gasteiger partial charge is 0.307 e. The predicted octanol–water partition coefficient (Wildman–Crippen LogP) is 1.50. The molecule has 0 saturated heterocycles. The first kappa shape index (κ1) is 16.1. The van der Waals surface area contributed by atoms with Gasteiger partial charge >= 0.3 is 6.15 Å². The molecular formula is C11H11NO4. The third-order valence-corrected chi connectivity index (χ3v) is 1.53. The van der Waals surface area contributed by atoms with E-state index in [-0.39, 0.29) is 6.15 Å². The van der Waals surface area contributed by atoms with Crippen LogP contribution in [0.3, 0.4) is 0 Å². The van der Waals surface area contributed by atoms with Gasteiger partial charge in [-0.15, -0.1) is 0 Å². The van der Waals surface area contributed by atoms with Crippen LogP contribution >= 0.6 is 0 Å². The Morgan fingerprint density at radius 2 is 1.62 bits per heavy atom. The molecule has 1 aromatic carbocycles. The Balaban J connectivity index is 0. The highest BCUT2D eigenvalue weighted by atomic mass is 16.2. The average Bonchev–Trinajstić information content (AvgIpc) is 2.28. The van der Waals surface area contributed by atoms with E-state index >= 15 is 0 Å². The monoisotopic (exact) mass is 221 g/mol. The second-order valence-corrected chi connectivity index (χ2v) is 2.58. The van der Waals surface area contributed by atoms with Crippen molar-refractivity contribution in [1.29, 1.82) is 0 Å². The van der Waals surface area contributed by atoms with Crippen LogP contribution in [0.1, 0.15) is 11.1 Å².